The van der Waals surface area contributed by atoms with Gasteiger partial charge in [-0.2, -0.15) is 0 Å². The molecule has 0 aliphatic carbocycles. The second-order valence-corrected chi connectivity index (χ2v) is 15.0. The highest BCUT2D eigenvalue weighted by Crippen LogP contribution is 2.40. The number of ether oxygens (including phenoxy) is 1. The zero-order valence-electron chi connectivity index (χ0n) is 28.1. The van der Waals surface area contributed by atoms with Gasteiger partial charge in [0.05, 0.1) is 18.3 Å². The van der Waals surface area contributed by atoms with Crippen molar-refractivity contribution in [2.24, 2.45) is 5.73 Å². The number of nitrogens with one attached hydrogen (secondary N) is 3. The number of hydrogen-bond donors (Lipinski definition) is 5. The Balaban J connectivity index is 1.82. The van der Waals surface area contributed by atoms with E-state index in [2.05, 4.69) is 16.0 Å². The number of carbonyl (C=O) groups is 5. The number of nitrogens with two attached hydrogens (primary N) is 1. The van der Waals surface area contributed by atoms with Crippen LogP contribution in [-0.4, -0.2) is 86.5 Å². The Bertz CT molecular complexity index is 1460. The number of primary amides is 1. The van der Waals surface area contributed by atoms with E-state index < -0.39 is 71.2 Å². The third-order valence-corrected chi connectivity index (χ3v) is 9.18. The fraction of sp³-hybridized carbons (Fsp3) is 0.500. The van der Waals surface area contributed by atoms with Crippen molar-refractivity contribution in [2.45, 2.75) is 95.8 Å². The number of aliphatic hydroxyl groups is 1. The van der Waals surface area contributed by atoms with E-state index in [1.54, 1.807) is 42.5 Å². The molecule has 1 aliphatic rings. The van der Waals surface area contributed by atoms with Crippen LogP contribution in [0.2, 0.25) is 0 Å². The molecule has 13 heteroatoms. The second kappa shape index (κ2) is 15.7. The van der Waals surface area contributed by atoms with Crippen LogP contribution in [0.4, 0.5) is 0 Å². The maximum atomic E-state index is 13.9. The summed E-state index contributed by atoms with van der Waals surface area (Å²) in [5, 5.41) is 19.6. The van der Waals surface area contributed by atoms with Gasteiger partial charge in [-0.3, -0.25) is 24.0 Å². The molecule has 0 radical (unpaired) electrons. The fourth-order valence-electron chi connectivity index (χ4n) is 5.26. The molecule has 0 unspecified atom stereocenters. The normalized spacial score (nSPS) is 17.6. The molecule has 0 spiro atoms. The molecule has 2 aromatic rings. The van der Waals surface area contributed by atoms with Crippen LogP contribution in [0.3, 0.4) is 0 Å². The monoisotopic (exact) mass is 669 g/mol. The Kier molecular flexibility index (Phi) is 12.4. The topological polar surface area (TPSA) is 180 Å². The number of benzene rings is 2. The van der Waals surface area contributed by atoms with Crippen molar-refractivity contribution in [3.63, 3.8) is 0 Å². The van der Waals surface area contributed by atoms with Crippen molar-refractivity contribution in [3.8, 4) is 5.75 Å². The van der Waals surface area contributed by atoms with Crippen molar-refractivity contribution >= 4 is 41.3 Å². The molecule has 3 rings (SSSR count). The Morgan fingerprint density at radius 3 is 2.32 bits per heavy atom. The molecule has 47 heavy (non-hydrogen) atoms. The van der Waals surface area contributed by atoms with Crippen molar-refractivity contribution in [3.05, 3.63) is 65.2 Å². The molecule has 256 valence electrons. The highest BCUT2D eigenvalue weighted by molar-refractivity contribution is 8.00. The first kappa shape index (κ1) is 37.4. The molecule has 0 bridgehead atoms. The zero-order valence-corrected chi connectivity index (χ0v) is 28.9. The third kappa shape index (κ3) is 10.4. The molecule has 6 N–H and O–H groups in total. The van der Waals surface area contributed by atoms with E-state index in [0.29, 0.717) is 11.3 Å². The molecule has 4 atom stereocenters. The van der Waals surface area contributed by atoms with Crippen LogP contribution < -0.4 is 26.4 Å². The summed E-state index contributed by atoms with van der Waals surface area (Å²) in [6.45, 7) is 12.6. The summed E-state index contributed by atoms with van der Waals surface area (Å²) in [5.74, 6) is -2.79. The number of hydrogen-bond acceptors (Lipinski definition) is 8. The fourth-order valence-corrected chi connectivity index (χ4v) is 6.40. The summed E-state index contributed by atoms with van der Waals surface area (Å²) in [6, 6.07) is 10.8. The molecule has 5 amide bonds. The quantitative estimate of drug-likeness (QED) is 0.214. The minimum absolute atomic E-state index is 0.0374. The maximum absolute atomic E-state index is 13.9. The first-order chi connectivity index (χ1) is 21.9. The van der Waals surface area contributed by atoms with Crippen LogP contribution >= 0.6 is 11.8 Å². The van der Waals surface area contributed by atoms with Crippen LogP contribution in [0.5, 0.6) is 5.75 Å². The number of rotatable bonds is 13. The van der Waals surface area contributed by atoms with E-state index in [9.17, 15) is 29.1 Å². The molecule has 1 fully saturated rings. The predicted molar refractivity (Wildman–Crippen MR) is 180 cm³/mol. The lowest BCUT2D eigenvalue weighted by Crippen LogP contribution is -2.61. The SMILES string of the molecule is Cc1cccc(OCC(=O)N[C@@H](CC(N)=O)C(=O)N[C@@H](Cc2ccccc2)[C@H](O)C(=O)N2CSC(C)(C)[C@H]2C(=O)NC(C)(C)C)c1C. The van der Waals surface area contributed by atoms with E-state index in [1.807, 2.05) is 54.5 Å². The highest BCUT2D eigenvalue weighted by atomic mass is 32.2. The maximum Gasteiger partial charge on any atom is 0.258 e. The van der Waals surface area contributed by atoms with Crippen molar-refractivity contribution in [2.75, 3.05) is 12.5 Å². The lowest BCUT2D eigenvalue weighted by Gasteiger charge is -2.35. The summed E-state index contributed by atoms with van der Waals surface area (Å²) >= 11 is 1.40. The lowest BCUT2D eigenvalue weighted by atomic mass is 9.96. The lowest BCUT2D eigenvalue weighted by molar-refractivity contribution is -0.148. The summed E-state index contributed by atoms with van der Waals surface area (Å²) in [4.78, 5) is 66.9. The number of aliphatic hydroxyl groups excluding tert-OH is 1. The zero-order chi connectivity index (χ0) is 35.1. The van der Waals surface area contributed by atoms with Crippen molar-refractivity contribution < 1.29 is 33.8 Å². The first-order valence-corrected chi connectivity index (χ1v) is 16.4. The van der Waals surface area contributed by atoms with Crippen LogP contribution in [0, 0.1) is 13.8 Å². The molecule has 0 saturated carbocycles. The number of aryl methyl sites for hydroxylation is 1. The second-order valence-electron chi connectivity index (χ2n) is 13.4. The van der Waals surface area contributed by atoms with Gasteiger partial charge in [0.2, 0.25) is 17.7 Å². The van der Waals surface area contributed by atoms with E-state index in [4.69, 9.17) is 10.5 Å². The smallest absolute Gasteiger partial charge is 0.258 e. The van der Waals surface area contributed by atoms with Gasteiger partial charge >= 0.3 is 0 Å². The molecule has 1 saturated heterocycles. The number of nitrogens with zero attached hydrogens (tertiary/aromatic N) is 1. The van der Waals surface area contributed by atoms with E-state index in [0.717, 1.165) is 11.1 Å². The van der Waals surface area contributed by atoms with Gasteiger partial charge in [-0.15, -0.1) is 11.8 Å². The Morgan fingerprint density at radius 2 is 1.70 bits per heavy atom. The van der Waals surface area contributed by atoms with E-state index in [1.165, 1.54) is 16.7 Å². The average molecular weight is 670 g/mol. The average Bonchev–Trinajstić information content (AvgIpc) is 3.30. The number of thioether (sulfide) groups is 1. The van der Waals surface area contributed by atoms with Gasteiger partial charge in [0.15, 0.2) is 12.7 Å². The Labute approximate surface area is 280 Å². The van der Waals surface area contributed by atoms with E-state index >= 15 is 0 Å². The minimum Gasteiger partial charge on any atom is -0.483 e. The van der Waals surface area contributed by atoms with Crippen LogP contribution in [0.15, 0.2) is 48.5 Å². The molecule has 1 aliphatic heterocycles. The van der Waals surface area contributed by atoms with Gasteiger partial charge in [0.25, 0.3) is 11.8 Å². The summed E-state index contributed by atoms with van der Waals surface area (Å²) in [6.07, 6.45) is -2.26. The predicted octanol–water partition coefficient (Wildman–Crippen LogP) is 1.73. The molecule has 12 nitrogen and oxygen atoms in total. The highest BCUT2D eigenvalue weighted by Gasteiger charge is 2.50. The Morgan fingerprint density at radius 1 is 1.04 bits per heavy atom. The van der Waals surface area contributed by atoms with Crippen LogP contribution in [0.1, 0.15) is 57.7 Å². The molecular weight excluding hydrogens is 622 g/mol. The van der Waals surface area contributed by atoms with Crippen LogP contribution in [0.25, 0.3) is 0 Å². The minimum atomic E-state index is -1.77. The number of carbonyl (C=O) groups excluding carboxylic acids is 5. The van der Waals surface area contributed by atoms with Gasteiger partial charge in [0.1, 0.15) is 17.8 Å². The standard InChI is InChI=1S/C34H47N5O7S/c1-20-12-11-15-25(21(20)2)46-18-27(41)36-24(17-26(35)40)30(43)37-23(16-22-13-9-8-10-14-22)28(42)32(45)39-19-47-34(6,7)29(39)31(44)38-33(3,4)5/h8-15,23-24,28-29,42H,16-19H2,1-7H3,(H2,35,40)(H,36,41)(H,37,43)(H,38,44)/t23-,24-,28-,29+/m0/s1. The van der Waals surface area contributed by atoms with Gasteiger partial charge in [-0.05, 0) is 77.6 Å². The van der Waals surface area contributed by atoms with E-state index in [-0.39, 0.29) is 18.2 Å². The first-order valence-electron chi connectivity index (χ1n) is 15.4. The summed E-state index contributed by atoms with van der Waals surface area (Å²) < 4.78 is 4.99. The molecule has 0 aromatic heterocycles. The van der Waals surface area contributed by atoms with Gasteiger partial charge in [-0.1, -0.05) is 42.5 Å². The van der Waals surface area contributed by atoms with Crippen molar-refractivity contribution in [1.82, 2.24) is 20.9 Å². The summed E-state index contributed by atoms with van der Waals surface area (Å²) in [7, 11) is 0. The third-order valence-electron chi connectivity index (χ3n) is 7.81. The largest absolute Gasteiger partial charge is 0.483 e. The van der Waals surface area contributed by atoms with Crippen molar-refractivity contribution in [1.29, 1.82) is 0 Å². The molecule has 2 aromatic carbocycles. The molecular formula is C34H47N5O7S. The van der Waals surface area contributed by atoms with Crippen LogP contribution in [-0.2, 0) is 30.4 Å². The van der Waals surface area contributed by atoms with Gasteiger partial charge in [0, 0.05) is 10.3 Å². The van der Waals surface area contributed by atoms with Gasteiger partial charge < -0.3 is 36.4 Å². The van der Waals surface area contributed by atoms with Gasteiger partial charge in [-0.25, -0.2) is 0 Å². The Hall–Kier alpha value is -4.10. The summed E-state index contributed by atoms with van der Waals surface area (Å²) in [5.41, 5.74) is 7.40. The number of amides is 5. The molecule has 1 heterocycles.